The molecule has 1 saturated heterocycles. The van der Waals surface area contributed by atoms with E-state index in [2.05, 4.69) is 4.98 Å². The summed E-state index contributed by atoms with van der Waals surface area (Å²) < 4.78 is 11.9. The molecular weight excluding hydrogens is 476 g/mol. The van der Waals surface area contributed by atoms with Crippen LogP contribution in [0.5, 0.6) is 11.5 Å². The van der Waals surface area contributed by atoms with Gasteiger partial charge in [0.05, 0.1) is 28.9 Å². The highest BCUT2D eigenvalue weighted by Gasteiger charge is 2.48. The zero-order chi connectivity index (χ0) is 25.0. The summed E-state index contributed by atoms with van der Waals surface area (Å²) >= 11 is 1.30. The minimum Gasteiger partial charge on any atom is -0.507 e. The first-order chi connectivity index (χ1) is 17.4. The monoisotopic (exact) mass is 498 g/mol. The van der Waals surface area contributed by atoms with Crippen LogP contribution in [0.3, 0.4) is 0 Å². The second kappa shape index (κ2) is 8.49. The molecule has 3 aromatic carbocycles. The Kier molecular flexibility index (Phi) is 5.26. The number of hydrogen-bond acceptors (Lipinski definition) is 7. The van der Waals surface area contributed by atoms with Gasteiger partial charge in [-0.2, -0.15) is 0 Å². The molecule has 6 rings (SSSR count). The summed E-state index contributed by atoms with van der Waals surface area (Å²) in [5.74, 6) is -0.244. The average molecular weight is 499 g/mol. The van der Waals surface area contributed by atoms with E-state index in [0.717, 1.165) is 16.0 Å². The molecule has 0 bridgehead atoms. The molecule has 4 aromatic rings. The van der Waals surface area contributed by atoms with Crippen molar-refractivity contribution in [3.63, 3.8) is 0 Å². The third kappa shape index (κ3) is 3.53. The van der Waals surface area contributed by atoms with Gasteiger partial charge in [-0.05, 0) is 54.4 Å². The van der Waals surface area contributed by atoms with Crippen LogP contribution in [0.4, 0.5) is 5.13 Å². The highest BCUT2D eigenvalue weighted by Crippen LogP contribution is 2.45. The van der Waals surface area contributed by atoms with Crippen LogP contribution in [0.15, 0.2) is 72.3 Å². The Morgan fingerprint density at radius 2 is 1.92 bits per heavy atom. The van der Waals surface area contributed by atoms with E-state index in [0.29, 0.717) is 33.9 Å². The number of Topliss-reactive ketones (excluding diaryl/α,β-unsaturated/α-hetero) is 1. The van der Waals surface area contributed by atoms with Crippen molar-refractivity contribution in [3.05, 3.63) is 89.0 Å². The second-order valence-corrected chi connectivity index (χ2v) is 9.87. The summed E-state index contributed by atoms with van der Waals surface area (Å²) in [6, 6.07) is 19.2. The van der Waals surface area contributed by atoms with Crippen molar-refractivity contribution in [2.75, 3.05) is 12.0 Å². The average Bonchev–Trinajstić information content (AvgIpc) is 3.55. The normalized spacial score (nSPS) is 20.6. The third-order valence-electron chi connectivity index (χ3n) is 6.52. The standard InChI is InChI=1S/C28H22N2O5S/c1-15-12-18-13-17(8-11-21(18)35-15)25(31)23-24(16-6-4-3-5-7-16)30(27(33)26(23)32)28-29-20-10-9-19(34-2)14-22(20)36-28/h3-11,13-15,24,31H,12H2,1-2H3/b25-23-. The van der Waals surface area contributed by atoms with E-state index in [1.165, 1.54) is 16.2 Å². The number of amides is 1. The molecule has 7 nitrogen and oxygen atoms in total. The number of nitrogens with zero attached hydrogens (tertiary/aromatic N) is 2. The Morgan fingerprint density at radius 1 is 1.11 bits per heavy atom. The van der Waals surface area contributed by atoms with Gasteiger partial charge in [0.15, 0.2) is 5.13 Å². The largest absolute Gasteiger partial charge is 0.507 e. The molecule has 180 valence electrons. The van der Waals surface area contributed by atoms with Crippen LogP contribution < -0.4 is 14.4 Å². The van der Waals surface area contributed by atoms with Crippen molar-refractivity contribution >= 4 is 44.1 Å². The maximum atomic E-state index is 13.4. The van der Waals surface area contributed by atoms with Crippen molar-refractivity contribution in [1.82, 2.24) is 4.98 Å². The number of ether oxygens (including phenoxy) is 2. The molecule has 0 aliphatic carbocycles. The fourth-order valence-corrected chi connectivity index (χ4v) is 5.85. The molecule has 2 unspecified atom stereocenters. The number of carbonyl (C=O) groups is 2. The van der Waals surface area contributed by atoms with E-state index in [4.69, 9.17) is 9.47 Å². The maximum absolute atomic E-state index is 13.4. The summed E-state index contributed by atoms with van der Waals surface area (Å²) in [5, 5.41) is 11.8. The molecule has 36 heavy (non-hydrogen) atoms. The van der Waals surface area contributed by atoms with E-state index in [1.54, 1.807) is 25.3 Å². The van der Waals surface area contributed by atoms with Gasteiger partial charge in [-0.1, -0.05) is 41.7 Å². The molecule has 0 saturated carbocycles. The number of aromatic nitrogens is 1. The van der Waals surface area contributed by atoms with Crippen LogP contribution in [-0.2, 0) is 16.0 Å². The number of anilines is 1. The first kappa shape index (κ1) is 22.3. The van der Waals surface area contributed by atoms with Crippen molar-refractivity contribution in [1.29, 1.82) is 0 Å². The summed E-state index contributed by atoms with van der Waals surface area (Å²) in [6.07, 6.45) is 0.757. The lowest BCUT2D eigenvalue weighted by Crippen LogP contribution is -2.29. The van der Waals surface area contributed by atoms with Gasteiger partial charge in [0.1, 0.15) is 23.4 Å². The number of fused-ring (bicyclic) bond motifs is 2. The Labute approximate surface area is 211 Å². The fourth-order valence-electron chi connectivity index (χ4n) is 4.83. The lowest BCUT2D eigenvalue weighted by atomic mass is 9.94. The van der Waals surface area contributed by atoms with Gasteiger partial charge in [-0.15, -0.1) is 0 Å². The Hall–Kier alpha value is -4.17. The molecule has 3 heterocycles. The van der Waals surface area contributed by atoms with Crippen molar-refractivity contribution in [2.45, 2.75) is 25.5 Å². The van der Waals surface area contributed by atoms with Gasteiger partial charge in [0.2, 0.25) is 0 Å². The summed E-state index contributed by atoms with van der Waals surface area (Å²) in [4.78, 5) is 32.9. The molecule has 1 aromatic heterocycles. The van der Waals surface area contributed by atoms with E-state index in [1.807, 2.05) is 55.5 Å². The number of rotatable bonds is 4. The van der Waals surface area contributed by atoms with Crippen LogP contribution in [0.2, 0.25) is 0 Å². The quantitative estimate of drug-likeness (QED) is 0.235. The van der Waals surface area contributed by atoms with Crippen molar-refractivity contribution < 1.29 is 24.2 Å². The fraction of sp³-hybridized carbons (Fsp3) is 0.179. The van der Waals surface area contributed by atoms with E-state index in [-0.39, 0.29) is 17.4 Å². The molecule has 2 aliphatic rings. The number of carbonyl (C=O) groups excluding carboxylic acids is 2. The van der Waals surface area contributed by atoms with Crippen LogP contribution in [0.1, 0.15) is 29.7 Å². The van der Waals surface area contributed by atoms with E-state index >= 15 is 0 Å². The summed E-state index contributed by atoms with van der Waals surface area (Å²) in [6.45, 7) is 1.98. The predicted molar refractivity (Wildman–Crippen MR) is 138 cm³/mol. The van der Waals surface area contributed by atoms with Crippen LogP contribution in [-0.4, -0.2) is 35.0 Å². The molecular formula is C28H22N2O5S. The number of aliphatic hydroxyl groups is 1. The minimum atomic E-state index is -0.822. The highest BCUT2D eigenvalue weighted by molar-refractivity contribution is 7.22. The molecule has 8 heteroatoms. The van der Waals surface area contributed by atoms with Gasteiger partial charge in [0.25, 0.3) is 5.78 Å². The number of ketones is 1. The lowest BCUT2D eigenvalue weighted by molar-refractivity contribution is -0.132. The molecule has 0 radical (unpaired) electrons. The van der Waals surface area contributed by atoms with E-state index < -0.39 is 17.7 Å². The summed E-state index contributed by atoms with van der Waals surface area (Å²) in [7, 11) is 1.59. The van der Waals surface area contributed by atoms with Crippen LogP contribution in [0.25, 0.3) is 16.0 Å². The first-order valence-electron chi connectivity index (χ1n) is 11.5. The highest BCUT2D eigenvalue weighted by atomic mass is 32.1. The molecule has 0 spiro atoms. The molecule has 1 fully saturated rings. The van der Waals surface area contributed by atoms with Gasteiger partial charge >= 0.3 is 5.91 Å². The zero-order valence-electron chi connectivity index (χ0n) is 19.6. The SMILES string of the molecule is COc1ccc2nc(N3C(=O)C(=O)/C(=C(\O)c4ccc5c(c4)CC(C)O5)C3c3ccccc3)sc2c1. The summed E-state index contributed by atoms with van der Waals surface area (Å²) in [5.41, 5.74) is 2.86. The van der Waals surface area contributed by atoms with Crippen LogP contribution in [0, 0.1) is 0 Å². The second-order valence-electron chi connectivity index (χ2n) is 8.86. The zero-order valence-corrected chi connectivity index (χ0v) is 20.4. The van der Waals surface area contributed by atoms with Crippen LogP contribution >= 0.6 is 11.3 Å². The third-order valence-corrected chi connectivity index (χ3v) is 7.54. The Morgan fingerprint density at radius 3 is 2.69 bits per heavy atom. The van der Waals surface area contributed by atoms with Crippen molar-refractivity contribution in [3.8, 4) is 11.5 Å². The van der Waals surface area contributed by atoms with E-state index in [9.17, 15) is 14.7 Å². The number of hydrogen-bond donors (Lipinski definition) is 1. The minimum absolute atomic E-state index is 0.0370. The van der Waals surface area contributed by atoms with Gasteiger partial charge < -0.3 is 14.6 Å². The number of aliphatic hydroxyl groups excluding tert-OH is 1. The molecule has 2 atom stereocenters. The number of benzene rings is 3. The van der Waals surface area contributed by atoms with Gasteiger partial charge in [0, 0.05) is 12.0 Å². The first-order valence-corrected chi connectivity index (χ1v) is 12.4. The predicted octanol–water partition coefficient (Wildman–Crippen LogP) is 5.25. The topological polar surface area (TPSA) is 89.0 Å². The lowest BCUT2D eigenvalue weighted by Gasteiger charge is -2.23. The number of thiazole rings is 1. The molecule has 1 amide bonds. The Balaban J connectivity index is 1.52. The molecule has 2 aliphatic heterocycles. The molecule has 1 N–H and O–H groups in total. The maximum Gasteiger partial charge on any atom is 0.301 e. The van der Waals surface area contributed by atoms with Gasteiger partial charge in [-0.25, -0.2) is 4.98 Å². The smallest absolute Gasteiger partial charge is 0.301 e. The Bertz CT molecular complexity index is 1560. The number of methoxy groups -OCH3 is 1. The van der Waals surface area contributed by atoms with Crippen molar-refractivity contribution in [2.24, 2.45) is 0 Å². The van der Waals surface area contributed by atoms with Gasteiger partial charge in [-0.3, -0.25) is 14.5 Å².